The fourth-order valence-electron chi connectivity index (χ4n) is 6.88. The minimum absolute atomic E-state index is 0.0947. The fourth-order valence-corrected chi connectivity index (χ4v) is 8.25. The van der Waals surface area contributed by atoms with Gasteiger partial charge in [0.1, 0.15) is 0 Å². The molecular weight excluding hydrogens is 539 g/mol. The highest BCUT2D eigenvalue weighted by Gasteiger charge is 2.38. The van der Waals surface area contributed by atoms with E-state index in [9.17, 15) is 0 Å². The second-order valence-electron chi connectivity index (χ2n) is 15.5. The normalized spacial score (nSPS) is 23.3. The van der Waals surface area contributed by atoms with Crippen LogP contribution in [0.4, 0.5) is 0 Å². The Morgan fingerprint density at radius 3 is 2.51 bits per heavy atom. The van der Waals surface area contributed by atoms with E-state index in [2.05, 4.69) is 136 Å². The first kappa shape index (κ1) is 33.6. The summed E-state index contributed by atoms with van der Waals surface area (Å²) in [5, 5.41) is 3.70. The summed E-state index contributed by atoms with van der Waals surface area (Å²) in [7, 11) is 2.35. The van der Waals surface area contributed by atoms with Crippen molar-refractivity contribution in [3.8, 4) is 0 Å². The molecule has 1 aromatic rings. The van der Waals surface area contributed by atoms with Crippen LogP contribution in [0.5, 0.6) is 0 Å². The molecule has 43 heavy (non-hydrogen) atoms. The average Bonchev–Trinajstić information content (AvgIpc) is 3.38. The van der Waals surface area contributed by atoms with Gasteiger partial charge in [0.05, 0.1) is 0 Å². The van der Waals surface area contributed by atoms with Crippen molar-refractivity contribution < 1.29 is 0 Å². The number of thiophene rings is 1. The first-order valence-corrected chi connectivity index (χ1v) is 17.1. The molecule has 4 heteroatoms. The molecule has 1 N–H and O–H groups in total. The van der Waals surface area contributed by atoms with E-state index in [0.29, 0.717) is 5.92 Å². The van der Waals surface area contributed by atoms with Crippen LogP contribution in [0.3, 0.4) is 0 Å². The highest BCUT2D eigenvalue weighted by Crippen LogP contribution is 2.47. The lowest BCUT2D eigenvalue weighted by atomic mass is 9.66. The third-order valence-electron chi connectivity index (χ3n) is 9.82. The Bertz CT molecular complexity index is 1350. The summed E-state index contributed by atoms with van der Waals surface area (Å²) in [5.41, 5.74) is 10.1. The number of hydrogen-bond acceptors (Lipinski definition) is 3. The van der Waals surface area contributed by atoms with E-state index in [4.69, 9.17) is 0 Å². The number of rotatable bonds is 10. The summed E-state index contributed by atoms with van der Waals surface area (Å²) >= 11 is 1.99. The van der Waals surface area contributed by atoms with Gasteiger partial charge < -0.3 is 10.2 Å². The Kier molecular flexibility index (Phi) is 10.1. The predicted molar refractivity (Wildman–Crippen MR) is 192 cm³/mol. The molecule has 0 spiro atoms. The molecule has 0 saturated carbocycles. The van der Waals surface area contributed by atoms with E-state index in [1.165, 1.54) is 51.3 Å². The Hall–Kier alpha value is -2.30. The largest absolute Gasteiger partial charge is 0.342 e. The Morgan fingerprint density at radius 2 is 1.88 bits per heavy atom. The summed E-state index contributed by atoms with van der Waals surface area (Å²) in [6, 6.07) is 2.73. The first-order chi connectivity index (χ1) is 20.0. The van der Waals surface area contributed by atoms with Crippen LogP contribution in [0, 0.1) is 11.3 Å². The molecule has 0 bridgehead atoms. The van der Waals surface area contributed by atoms with Gasteiger partial charge in [-0.2, -0.15) is 11.3 Å². The zero-order chi connectivity index (χ0) is 31.7. The van der Waals surface area contributed by atoms with Crippen LogP contribution in [-0.4, -0.2) is 31.3 Å². The van der Waals surface area contributed by atoms with Crippen LogP contribution in [0.15, 0.2) is 89.3 Å². The van der Waals surface area contributed by atoms with Crippen molar-refractivity contribution in [3.05, 3.63) is 99.7 Å². The molecule has 1 aromatic heterocycles. The summed E-state index contributed by atoms with van der Waals surface area (Å²) in [4.78, 5) is 4.07. The van der Waals surface area contributed by atoms with Gasteiger partial charge in [-0.1, -0.05) is 97.8 Å². The van der Waals surface area contributed by atoms with Crippen molar-refractivity contribution in [3.63, 3.8) is 0 Å². The molecule has 2 unspecified atom stereocenters. The molecule has 231 valence electrons. The van der Waals surface area contributed by atoms with Crippen LogP contribution < -0.4 is 10.1 Å². The Balaban J connectivity index is 1.72. The van der Waals surface area contributed by atoms with Crippen molar-refractivity contribution in [2.24, 2.45) is 11.3 Å². The molecule has 0 fully saturated rings. The number of hydrogen-bond donors (Lipinski definition) is 1. The van der Waals surface area contributed by atoms with Gasteiger partial charge in [-0.15, -0.1) is 6.58 Å². The zero-order valence-electron chi connectivity index (χ0n) is 28.8. The third kappa shape index (κ3) is 7.68. The van der Waals surface area contributed by atoms with Gasteiger partial charge in [-0.05, 0) is 101 Å². The molecular formula is C39H56BN2S. The third-order valence-corrected chi connectivity index (χ3v) is 11.3. The second kappa shape index (κ2) is 13.0. The van der Waals surface area contributed by atoms with E-state index in [0.717, 1.165) is 25.9 Å². The van der Waals surface area contributed by atoms with Crippen LogP contribution in [0.1, 0.15) is 105 Å². The van der Waals surface area contributed by atoms with E-state index in [1.54, 1.807) is 10.4 Å². The lowest BCUT2D eigenvalue weighted by Gasteiger charge is -2.39. The highest BCUT2D eigenvalue weighted by atomic mass is 32.1. The summed E-state index contributed by atoms with van der Waals surface area (Å²) in [6.07, 6.45) is 16.0. The predicted octanol–water partition coefficient (Wildman–Crippen LogP) is 9.46. The first-order valence-electron chi connectivity index (χ1n) is 16.3. The Morgan fingerprint density at radius 1 is 1.19 bits per heavy atom. The molecule has 2 nitrogen and oxygen atoms in total. The van der Waals surface area contributed by atoms with Gasteiger partial charge in [0.2, 0.25) is 0 Å². The molecule has 0 aromatic carbocycles. The van der Waals surface area contributed by atoms with E-state index in [1.807, 2.05) is 17.4 Å². The van der Waals surface area contributed by atoms with Crippen molar-refractivity contribution in [1.29, 1.82) is 0 Å². The van der Waals surface area contributed by atoms with Crippen LogP contribution in [-0.2, 0) is 10.8 Å². The van der Waals surface area contributed by atoms with E-state index in [-0.39, 0.29) is 22.3 Å². The van der Waals surface area contributed by atoms with E-state index < -0.39 is 0 Å². The standard InChI is InChI=1S/C39H56BN2S/c1-13-19-41-31-20-30(37(6,7)8)21-32(22-31)42(25-28(4)35-26(2)15-14-16-27(35)3)29(5)24-40-34-23-33-36(43-34)39(11,12)18-17-38(33,9)10/h13-15,21-24,27,31,41H,1,4,16-20,25H2,2-3,5-12H3/b29-24-. The maximum Gasteiger partial charge on any atom is 0.197 e. The molecule has 0 aliphatic heterocycles. The molecule has 3 aliphatic rings. The molecule has 0 amide bonds. The smallest absolute Gasteiger partial charge is 0.197 e. The van der Waals surface area contributed by atoms with Gasteiger partial charge in [-0.3, -0.25) is 0 Å². The average molecular weight is 596 g/mol. The van der Waals surface area contributed by atoms with Crippen LogP contribution in [0.2, 0.25) is 0 Å². The topological polar surface area (TPSA) is 15.3 Å². The molecule has 2 atom stereocenters. The molecule has 3 aliphatic carbocycles. The van der Waals surface area contributed by atoms with Gasteiger partial charge in [-0.25, -0.2) is 0 Å². The number of nitrogens with one attached hydrogen (secondary N) is 1. The summed E-state index contributed by atoms with van der Waals surface area (Å²) in [5.74, 6) is 2.82. The lowest BCUT2D eigenvalue weighted by Crippen LogP contribution is -2.35. The molecule has 1 heterocycles. The quantitative estimate of drug-likeness (QED) is 0.214. The maximum atomic E-state index is 4.68. The monoisotopic (exact) mass is 595 g/mol. The minimum Gasteiger partial charge on any atom is -0.342 e. The van der Waals surface area contributed by atoms with Gasteiger partial charge >= 0.3 is 0 Å². The maximum absolute atomic E-state index is 4.68. The van der Waals surface area contributed by atoms with Gasteiger partial charge in [0, 0.05) is 35.4 Å². The van der Waals surface area contributed by atoms with Gasteiger partial charge in [0.25, 0.3) is 0 Å². The number of nitrogens with zero attached hydrogens (tertiary/aromatic N) is 1. The van der Waals surface area contributed by atoms with Crippen molar-refractivity contribution in [2.75, 3.05) is 13.1 Å². The Labute approximate surface area is 268 Å². The van der Waals surface area contributed by atoms with Crippen LogP contribution in [0.25, 0.3) is 0 Å². The zero-order valence-corrected chi connectivity index (χ0v) is 29.6. The van der Waals surface area contributed by atoms with Crippen molar-refractivity contribution in [1.82, 2.24) is 10.2 Å². The van der Waals surface area contributed by atoms with Crippen LogP contribution >= 0.6 is 11.3 Å². The second-order valence-corrected chi connectivity index (χ2v) is 16.6. The van der Waals surface area contributed by atoms with Gasteiger partial charge in [0.15, 0.2) is 7.28 Å². The molecule has 0 saturated heterocycles. The highest BCUT2D eigenvalue weighted by molar-refractivity contribution is 7.22. The lowest BCUT2D eigenvalue weighted by molar-refractivity contribution is 0.339. The van der Waals surface area contributed by atoms with Crippen molar-refractivity contribution >= 4 is 23.4 Å². The summed E-state index contributed by atoms with van der Waals surface area (Å²) in [6.45, 7) is 33.7. The molecule has 1 radical (unpaired) electrons. The fraction of sp³-hybridized carbons (Fsp3) is 0.538. The number of fused-ring (bicyclic) bond motifs is 1. The minimum atomic E-state index is 0.0947. The van der Waals surface area contributed by atoms with E-state index >= 15 is 0 Å². The number of allylic oxidation sites excluding steroid dienone is 5. The molecule has 4 rings (SSSR count). The van der Waals surface area contributed by atoms with Crippen molar-refractivity contribution in [2.45, 2.75) is 112 Å². The summed E-state index contributed by atoms with van der Waals surface area (Å²) < 4.78 is 1.35. The SMILES string of the molecule is C=CCNC1C=C(N(CC(=C)C2=C(C)C=CCC2C)/C(C)=C\[B]c2cc3c(s2)C(C)(C)CCC3(C)C)C=C(C(C)(C)C)C1.